The summed E-state index contributed by atoms with van der Waals surface area (Å²) in [6.07, 6.45) is 4.78. The molecule has 0 saturated carbocycles. The van der Waals surface area contributed by atoms with Gasteiger partial charge in [0, 0.05) is 31.5 Å². The van der Waals surface area contributed by atoms with E-state index in [4.69, 9.17) is 4.74 Å². The predicted molar refractivity (Wildman–Crippen MR) is 124 cm³/mol. The van der Waals surface area contributed by atoms with Gasteiger partial charge in [-0.25, -0.2) is 9.37 Å². The van der Waals surface area contributed by atoms with Gasteiger partial charge in [0.1, 0.15) is 17.6 Å². The number of aromatic nitrogens is 2. The molecule has 0 amide bonds. The van der Waals surface area contributed by atoms with E-state index >= 15 is 0 Å². The third-order valence-electron chi connectivity index (χ3n) is 6.65. The van der Waals surface area contributed by atoms with Gasteiger partial charge >= 0.3 is 0 Å². The number of benzene rings is 1. The van der Waals surface area contributed by atoms with Crippen LogP contribution in [0.5, 0.6) is 5.75 Å². The van der Waals surface area contributed by atoms with Crippen molar-refractivity contribution in [1.82, 2.24) is 9.97 Å². The van der Waals surface area contributed by atoms with Crippen LogP contribution in [0.4, 0.5) is 16.2 Å². The number of hydrogen-bond donors (Lipinski definition) is 0. The Morgan fingerprint density at radius 1 is 1.28 bits per heavy atom. The Kier molecular flexibility index (Phi) is 6.35. The Morgan fingerprint density at radius 2 is 2.03 bits per heavy atom. The van der Waals surface area contributed by atoms with E-state index in [1.165, 1.54) is 6.20 Å². The van der Waals surface area contributed by atoms with Gasteiger partial charge in [0.2, 0.25) is 5.95 Å². The molecule has 1 aromatic carbocycles. The quantitative estimate of drug-likeness (QED) is 0.620. The largest absolute Gasteiger partial charge is 0.489 e. The summed E-state index contributed by atoms with van der Waals surface area (Å²) >= 11 is 0. The smallest absolute Gasteiger partial charge is 0.227 e. The lowest BCUT2D eigenvalue weighted by molar-refractivity contribution is -0.117. The zero-order chi connectivity index (χ0) is 22.9. The van der Waals surface area contributed by atoms with Crippen LogP contribution >= 0.6 is 0 Å². The lowest BCUT2D eigenvalue weighted by Crippen LogP contribution is -2.39. The summed E-state index contributed by atoms with van der Waals surface area (Å²) in [6.45, 7) is 10.2. The van der Waals surface area contributed by atoms with Gasteiger partial charge in [-0.3, -0.25) is 0 Å². The third kappa shape index (κ3) is 4.87. The summed E-state index contributed by atoms with van der Waals surface area (Å²) < 4.78 is 20.8. The number of carbonyl (C=O) groups is 1. The van der Waals surface area contributed by atoms with E-state index in [0.717, 1.165) is 37.1 Å². The Balaban J connectivity index is 1.40. The second kappa shape index (κ2) is 9.04. The summed E-state index contributed by atoms with van der Waals surface area (Å²) in [5.74, 6) is 1.74. The first-order chi connectivity index (χ1) is 15.2. The van der Waals surface area contributed by atoms with Gasteiger partial charge in [-0.2, -0.15) is 4.98 Å². The highest BCUT2D eigenvalue weighted by Crippen LogP contribution is 2.33. The number of hydrogen-bond acceptors (Lipinski definition) is 6. The molecule has 32 heavy (non-hydrogen) atoms. The fourth-order valence-corrected chi connectivity index (χ4v) is 4.81. The van der Waals surface area contributed by atoms with Crippen molar-refractivity contribution in [2.24, 2.45) is 0 Å². The molecular weight excluding hydrogens is 407 g/mol. The second-order valence-corrected chi connectivity index (χ2v) is 9.76. The van der Waals surface area contributed by atoms with E-state index in [2.05, 4.69) is 35.6 Å². The topological polar surface area (TPSA) is 58.6 Å². The Morgan fingerprint density at radius 3 is 2.69 bits per heavy atom. The van der Waals surface area contributed by atoms with Crippen molar-refractivity contribution < 1.29 is 13.9 Å². The molecule has 0 bridgehead atoms. The Hall–Kier alpha value is -2.70. The molecule has 1 aromatic heterocycles. The molecule has 2 fully saturated rings. The highest BCUT2D eigenvalue weighted by molar-refractivity contribution is 5.76. The van der Waals surface area contributed by atoms with Crippen molar-refractivity contribution in [2.45, 2.75) is 70.9 Å². The lowest BCUT2D eigenvalue weighted by Gasteiger charge is -2.32. The summed E-state index contributed by atoms with van der Waals surface area (Å²) in [6, 6.07) is 7.94. The van der Waals surface area contributed by atoms with Crippen LogP contribution in [-0.2, 0) is 4.79 Å². The summed E-state index contributed by atoms with van der Waals surface area (Å²) in [4.78, 5) is 24.4. The molecule has 2 aliphatic rings. The molecule has 2 aromatic rings. The molecule has 3 heterocycles. The van der Waals surface area contributed by atoms with E-state index in [0.29, 0.717) is 31.3 Å². The van der Waals surface area contributed by atoms with Crippen LogP contribution in [0.3, 0.4) is 0 Å². The van der Waals surface area contributed by atoms with Crippen LogP contribution in [0.25, 0.3) is 0 Å². The fourth-order valence-electron chi connectivity index (χ4n) is 4.81. The van der Waals surface area contributed by atoms with Gasteiger partial charge in [-0.15, -0.1) is 0 Å². The van der Waals surface area contributed by atoms with Crippen LogP contribution < -0.4 is 14.5 Å². The molecule has 0 unspecified atom stereocenters. The SMILES string of the molecule is CC(=O)C[C@@H](C)c1ccc(O[C@@H]2CCN(c3nc(N4CCCC4(C)C)ncc3F)C2)cc1. The van der Waals surface area contributed by atoms with Crippen molar-refractivity contribution in [3.8, 4) is 5.75 Å². The number of ether oxygens (including phenoxy) is 1. The number of anilines is 2. The maximum Gasteiger partial charge on any atom is 0.227 e. The molecule has 0 aliphatic carbocycles. The molecule has 4 rings (SSSR count). The normalized spacial score (nSPS) is 21.1. The highest BCUT2D eigenvalue weighted by atomic mass is 19.1. The molecule has 0 radical (unpaired) electrons. The Labute approximate surface area is 189 Å². The van der Waals surface area contributed by atoms with Gasteiger partial charge in [-0.1, -0.05) is 19.1 Å². The van der Waals surface area contributed by atoms with Crippen LogP contribution in [0.15, 0.2) is 30.5 Å². The number of ketones is 1. The second-order valence-electron chi connectivity index (χ2n) is 9.76. The van der Waals surface area contributed by atoms with E-state index in [9.17, 15) is 9.18 Å². The minimum absolute atomic E-state index is 0.0141. The minimum atomic E-state index is -0.393. The monoisotopic (exact) mass is 440 g/mol. The number of rotatable bonds is 7. The number of nitrogens with zero attached hydrogens (tertiary/aromatic N) is 4. The van der Waals surface area contributed by atoms with Crippen molar-refractivity contribution in [3.05, 3.63) is 41.8 Å². The van der Waals surface area contributed by atoms with Gasteiger partial charge in [0.15, 0.2) is 11.6 Å². The fraction of sp³-hybridized carbons (Fsp3) is 0.560. The maximum absolute atomic E-state index is 14.6. The van der Waals surface area contributed by atoms with E-state index < -0.39 is 5.82 Å². The molecule has 2 atom stereocenters. The number of Topliss-reactive ketones (excluding diaryl/α,β-unsaturated/α-hetero) is 1. The van der Waals surface area contributed by atoms with Crippen LogP contribution in [0, 0.1) is 5.82 Å². The van der Waals surface area contributed by atoms with E-state index in [-0.39, 0.29) is 23.3 Å². The maximum atomic E-state index is 14.6. The standard InChI is InChI=1S/C25H33FN4O2/c1-17(14-18(2)31)19-6-8-20(9-7-19)32-21-10-13-29(16-21)23-22(26)15-27-24(28-23)30-12-5-11-25(30,3)4/h6-9,15,17,21H,5,10-14,16H2,1-4H3/t17-,21-/m1/s1. The van der Waals surface area contributed by atoms with E-state index in [1.807, 2.05) is 29.2 Å². The molecule has 172 valence electrons. The molecular formula is C25H33FN4O2. The summed E-state index contributed by atoms with van der Waals surface area (Å²) in [5.41, 5.74) is 1.11. The van der Waals surface area contributed by atoms with Crippen LogP contribution in [0.1, 0.15) is 64.9 Å². The summed E-state index contributed by atoms with van der Waals surface area (Å²) in [5, 5.41) is 0. The minimum Gasteiger partial charge on any atom is -0.489 e. The van der Waals surface area contributed by atoms with Gasteiger partial charge in [-0.05, 0) is 57.2 Å². The molecule has 2 aliphatic heterocycles. The first kappa shape index (κ1) is 22.5. The third-order valence-corrected chi connectivity index (χ3v) is 6.65. The predicted octanol–water partition coefficient (Wildman–Crippen LogP) is 4.73. The van der Waals surface area contributed by atoms with Gasteiger partial charge in [0.25, 0.3) is 0 Å². The average Bonchev–Trinajstić information content (AvgIpc) is 3.34. The lowest BCUT2D eigenvalue weighted by atomic mass is 9.96. The molecule has 0 spiro atoms. The number of halogens is 1. The van der Waals surface area contributed by atoms with Crippen molar-refractivity contribution in [1.29, 1.82) is 0 Å². The molecule has 2 saturated heterocycles. The average molecular weight is 441 g/mol. The van der Waals surface area contributed by atoms with Gasteiger partial charge < -0.3 is 19.3 Å². The van der Waals surface area contributed by atoms with Crippen molar-refractivity contribution in [3.63, 3.8) is 0 Å². The molecule has 7 heteroatoms. The first-order valence-electron chi connectivity index (χ1n) is 11.5. The van der Waals surface area contributed by atoms with Gasteiger partial charge in [0.05, 0.1) is 12.7 Å². The Bertz CT molecular complexity index is 963. The highest BCUT2D eigenvalue weighted by Gasteiger charge is 2.35. The molecule has 0 N–H and O–H groups in total. The zero-order valence-electron chi connectivity index (χ0n) is 19.5. The molecule has 6 nitrogen and oxygen atoms in total. The number of carbonyl (C=O) groups excluding carboxylic acids is 1. The zero-order valence-corrected chi connectivity index (χ0v) is 19.5. The van der Waals surface area contributed by atoms with Crippen molar-refractivity contribution >= 4 is 17.5 Å². The first-order valence-corrected chi connectivity index (χ1v) is 11.5. The van der Waals surface area contributed by atoms with Crippen molar-refractivity contribution in [2.75, 3.05) is 29.4 Å². The van der Waals surface area contributed by atoms with Crippen LogP contribution in [0.2, 0.25) is 0 Å². The summed E-state index contributed by atoms with van der Waals surface area (Å²) in [7, 11) is 0. The van der Waals surface area contributed by atoms with E-state index in [1.54, 1.807) is 6.92 Å². The van der Waals surface area contributed by atoms with Crippen LogP contribution in [-0.4, -0.2) is 47.0 Å².